The molecule has 2 N–H and O–H groups in total. The molecule has 0 unspecified atom stereocenters. The molecule has 0 spiro atoms. The third-order valence-electron chi connectivity index (χ3n) is 7.65. The fraction of sp³-hybridized carbons (Fsp3) is 0.171. The second kappa shape index (κ2) is 13.2. The largest absolute Gasteiger partial charge is 0.487 e. The van der Waals surface area contributed by atoms with Gasteiger partial charge in [0.15, 0.2) is 0 Å². The Hall–Kier alpha value is -4.79. The molecule has 222 valence electrons. The van der Waals surface area contributed by atoms with Crippen molar-refractivity contribution in [2.24, 2.45) is 0 Å². The van der Waals surface area contributed by atoms with E-state index < -0.39 is 0 Å². The van der Waals surface area contributed by atoms with E-state index in [0.29, 0.717) is 39.0 Å². The van der Waals surface area contributed by atoms with Crippen LogP contribution < -0.4 is 15.4 Å². The van der Waals surface area contributed by atoms with Crippen LogP contribution in [0.4, 0.5) is 21.6 Å². The van der Waals surface area contributed by atoms with Crippen molar-refractivity contribution in [2.75, 3.05) is 24.2 Å². The topological polar surface area (TPSA) is 79.4 Å². The molecule has 1 atom stereocenters. The summed E-state index contributed by atoms with van der Waals surface area (Å²) in [5.41, 5.74) is 4.45. The van der Waals surface area contributed by atoms with Crippen LogP contribution in [0, 0.1) is 5.82 Å². The highest BCUT2D eigenvalue weighted by molar-refractivity contribution is 6.32. The molecule has 7 nitrogen and oxygen atoms in total. The predicted octanol–water partition coefficient (Wildman–Crippen LogP) is 8.00. The second-order valence-electron chi connectivity index (χ2n) is 10.7. The standard InChI is InChI=1S/C35H31ClFN5O2/c1-42-18-6-11-27(42)13-17-32(43)41-30-15-14-29-34(33(30)24-8-3-2-4-9-24)35(39-22-38-29)40-26-12-16-31(28(36)20-26)44-21-23-7-5-10-25(37)19-23/h2-5,7-10,12-17,19-20,22,27H,6,11,18,21H2,1H3,(H,41,43)(H,38,39,40)/b17-13+/t27-/m1/s1. The van der Waals surface area contributed by atoms with Gasteiger partial charge in [-0.05, 0) is 80.0 Å². The van der Waals surface area contributed by atoms with E-state index in [1.807, 2.05) is 54.6 Å². The maximum absolute atomic E-state index is 13.5. The van der Waals surface area contributed by atoms with Crippen LogP contribution >= 0.6 is 11.6 Å². The Kier molecular flexibility index (Phi) is 8.81. The van der Waals surface area contributed by atoms with Crippen molar-refractivity contribution in [3.8, 4) is 16.9 Å². The molecule has 0 radical (unpaired) electrons. The van der Waals surface area contributed by atoms with Crippen molar-refractivity contribution >= 4 is 45.6 Å². The van der Waals surface area contributed by atoms with Gasteiger partial charge in [0.1, 0.15) is 30.3 Å². The summed E-state index contributed by atoms with van der Waals surface area (Å²) in [5, 5.41) is 7.61. The molecular weight excluding hydrogens is 577 g/mol. The first kappa shape index (κ1) is 29.3. The van der Waals surface area contributed by atoms with Crippen LogP contribution in [0.2, 0.25) is 5.02 Å². The molecule has 1 aliphatic heterocycles. The summed E-state index contributed by atoms with van der Waals surface area (Å²) in [4.78, 5) is 24.4. The molecule has 1 aliphatic rings. The minimum Gasteiger partial charge on any atom is -0.487 e. The Bertz CT molecular complexity index is 1830. The summed E-state index contributed by atoms with van der Waals surface area (Å²) in [7, 11) is 2.08. The Labute approximate surface area is 260 Å². The van der Waals surface area contributed by atoms with Crippen LogP contribution in [0.5, 0.6) is 5.75 Å². The molecule has 1 aromatic heterocycles. The quantitative estimate of drug-likeness (QED) is 0.165. The van der Waals surface area contributed by atoms with Crippen molar-refractivity contribution in [1.29, 1.82) is 0 Å². The van der Waals surface area contributed by atoms with Crippen molar-refractivity contribution in [3.05, 3.63) is 120 Å². The van der Waals surface area contributed by atoms with Gasteiger partial charge in [-0.2, -0.15) is 0 Å². The normalized spacial score (nSPS) is 15.1. The number of nitrogens with zero attached hydrogens (tertiary/aromatic N) is 3. The number of carbonyl (C=O) groups excluding carboxylic acids is 1. The number of nitrogens with one attached hydrogen (secondary N) is 2. The molecule has 9 heteroatoms. The van der Waals surface area contributed by atoms with Crippen LogP contribution in [-0.4, -0.2) is 40.4 Å². The van der Waals surface area contributed by atoms with Gasteiger partial charge in [0.05, 0.1) is 15.9 Å². The smallest absolute Gasteiger partial charge is 0.248 e. The second-order valence-corrected chi connectivity index (χ2v) is 11.1. The lowest BCUT2D eigenvalue weighted by Crippen LogP contribution is -2.23. The third-order valence-corrected chi connectivity index (χ3v) is 7.94. The number of benzene rings is 4. The molecule has 5 aromatic rings. The SMILES string of the molecule is CN1CCC[C@@H]1/C=C/C(=O)Nc1ccc2ncnc(Nc3ccc(OCc4cccc(F)c4)c(Cl)c3)c2c1-c1ccccc1. The Morgan fingerprint density at radius 2 is 1.93 bits per heavy atom. The van der Waals surface area contributed by atoms with Gasteiger partial charge in [-0.25, -0.2) is 14.4 Å². The molecule has 1 amide bonds. The fourth-order valence-corrected chi connectivity index (χ4v) is 5.66. The zero-order valence-electron chi connectivity index (χ0n) is 24.1. The van der Waals surface area contributed by atoms with E-state index in [9.17, 15) is 9.18 Å². The molecule has 44 heavy (non-hydrogen) atoms. The summed E-state index contributed by atoms with van der Waals surface area (Å²) < 4.78 is 19.4. The third kappa shape index (κ3) is 6.72. The van der Waals surface area contributed by atoms with E-state index in [-0.39, 0.29) is 24.4 Å². The molecule has 1 fully saturated rings. The van der Waals surface area contributed by atoms with Crippen LogP contribution in [0.25, 0.3) is 22.0 Å². The van der Waals surface area contributed by atoms with E-state index in [1.54, 1.807) is 30.3 Å². The zero-order valence-corrected chi connectivity index (χ0v) is 24.9. The number of ether oxygens (including phenoxy) is 1. The van der Waals surface area contributed by atoms with Crippen LogP contribution in [0.3, 0.4) is 0 Å². The molecule has 1 saturated heterocycles. The molecule has 6 rings (SSSR count). The molecule has 0 saturated carbocycles. The van der Waals surface area contributed by atoms with Crippen molar-refractivity contribution in [2.45, 2.75) is 25.5 Å². The van der Waals surface area contributed by atoms with Gasteiger partial charge in [0.25, 0.3) is 0 Å². The monoisotopic (exact) mass is 607 g/mol. The number of hydrogen-bond acceptors (Lipinski definition) is 6. The number of anilines is 3. The van der Waals surface area contributed by atoms with Crippen molar-refractivity contribution in [1.82, 2.24) is 14.9 Å². The van der Waals surface area contributed by atoms with Crippen molar-refractivity contribution in [3.63, 3.8) is 0 Å². The highest BCUT2D eigenvalue weighted by Crippen LogP contribution is 2.39. The summed E-state index contributed by atoms with van der Waals surface area (Å²) in [6, 6.07) is 25.4. The lowest BCUT2D eigenvalue weighted by atomic mass is 9.98. The fourth-order valence-electron chi connectivity index (χ4n) is 5.43. The number of likely N-dealkylation sites (N-methyl/N-ethyl adjacent to an activating group) is 1. The van der Waals surface area contributed by atoms with Gasteiger partial charge >= 0.3 is 0 Å². The van der Waals surface area contributed by atoms with Gasteiger partial charge in [0, 0.05) is 29.1 Å². The van der Waals surface area contributed by atoms with Gasteiger partial charge in [-0.1, -0.05) is 60.1 Å². The number of aromatic nitrogens is 2. The number of carbonyl (C=O) groups is 1. The summed E-state index contributed by atoms with van der Waals surface area (Å²) in [6.07, 6.45) is 7.25. The number of hydrogen-bond donors (Lipinski definition) is 2. The van der Waals surface area contributed by atoms with Crippen LogP contribution in [0.15, 0.2) is 103 Å². The lowest BCUT2D eigenvalue weighted by molar-refractivity contribution is -0.111. The van der Waals surface area contributed by atoms with Gasteiger partial charge < -0.3 is 15.4 Å². The average Bonchev–Trinajstić information content (AvgIpc) is 3.44. The lowest BCUT2D eigenvalue weighted by Gasteiger charge is -2.17. The van der Waals surface area contributed by atoms with Crippen LogP contribution in [0.1, 0.15) is 18.4 Å². The average molecular weight is 608 g/mol. The Morgan fingerprint density at radius 3 is 2.70 bits per heavy atom. The number of rotatable bonds is 9. The Balaban J connectivity index is 1.30. The highest BCUT2D eigenvalue weighted by Gasteiger charge is 2.19. The summed E-state index contributed by atoms with van der Waals surface area (Å²) >= 11 is 6.58. The summed E-state index contributed by atoms with van der Waals surface area (Å²) in [6.45, 7) is 1.22. The first-order chi connectivity index (χ1) is 21.4. The summed E-state index contributed by atoms with van der Waals surface area (Å²) in [5.74, 6) is 0.506. The first-order valence-electron chi connectivity index (χ1n) is 14.4. The number of fused-ring (bicyclic) bond motifs is 1. The van der Waals surface area contributed by atoms with Crippen molar-refractivity contribution < 1.29 is 13.9 Å². The minimum absolute atomic E-state index is 0.183. The number of likely N-dealkylation sites (tertiary alicyclic amines) is 1. The number of halogens is 2. The van der Waals surface area contributed by atoms with Gasteiger partial charge in [-0.15, -0.1) is 0 Å². The van der Waals surface area contributed by atoms with E-state index in [2.05, 4.69) is 32.5 Å². The maximum atomic E-state index is 13.5. The molecule has 2 heterocycles. The first-order valence-corrected chi connectivity index (χ1v) is 14.8. The molecule has 0 bridgehead atoms. The van der Waals surface area contributed by atoms with E-state index in [1.165, 1.54) is 18.5 Å². The van der Waals surface area contributed by atoms with Gasteiger partial charge in [0.2, 0.25) is 5.91 Å². The van der Waals surface area contributed by atoms with E-state index in [4.69, 9.17) is 16.3 Å². The minimum atomic E-state index is -0.320. The highest BCUT2D eigenvalue weighted by atomic mass is 35.5. The van der Waals surface area contributed by atoms with E-state index in [0.717, 1.165) is 35.9 Å². The molecule has 4 aromatic carbocycles. The predicted molar refractivity (Wildman–Crippen MR) is 174 cm³/mol. The maximum Gasteiger partial charge on any atom is 0.248 e. The zero-order chi connectivity index (χ0) is 30.5. The Morgan fingerprint density at radius 1 is 1.07 bits per heavy atom. The van der Waals surface area contributed by atoms with E-state index >= 15 is 0 Å². The van der Waals surface area contributed by atoms with Gasteiger partial charge in [-0.3, -0.25) is 9.69 Å². The van der Waals surface area contributed by atoms with Crippen LogP contribution in [-0.2, 0) is 11.4 Å². The number of amides is 1. The molecule has 0 aliphatic carbocycles. The molecular formula is C35H31ClFN5O2.